The summed E-state index contributed by atoms with van der Waals surface area (Å²) >= 11 is 1.31. The number of carbonyl (C=O) groups excluding carboxylic acids is 1. The molecule has 8 nitrogen and oxygen atoms in total. The minimum absolute atomic E-state index is 0.0174. The summed E-state index contributed by atoms with van der Waals surface area (Å²) in [6.45, 7) is 3.14. The number of carbonyl (C=O) groups is 1. The Balaban J connectivity index is 1.31. The average molecular weight is 475 g/mol. The SMILES string of the molecule is O=C(N=Nc1c(O)n(C[NH+]2C[C@H]3C[C@@H](C2)c2cccc(=O)n2C3)c2ccccc12)c1cccs1. The number of hydrogen-bond donors (Lipinski definition) is 2. The van der Waals surface area contributed by atoms with Gasteiger partial charge in [-0.2, -0.15) is 0 Å². The minimum Gasteiger partial charge on any atom is -0.493 e. The van der Waals surface area contributed by atoms with E-state index in [1.807, 2.05) is 44.8 Å². The summed E-state index contributed by atoms with van der Waals surface area (Å²) < 4.78 is 3.80. The van der Waals surface area contributed by atoms with Gasteiger partial charge in [-0.3, -0.25) is 14.2 Å². The van der Waals surface area contributed by atoms with Crippen molar-refractivity contribution in [1.29, 1.82) is 0 Å². The lowest BCUT2D eigenvalue weighted by Gasteiger charge is -2.40. The van der Waals surface area contributed by atoms with E-state index < -0.39 is 5.91 Å². The van der Waals surface area contributed by atoms with Gasteiger partial charge >= 0.3 is 5.91 Å². The minimum atomic E-state index is -0.422. The number of likely N-dealkylation sites (tertiary alicyclic amines) is 1. The number of pyridine rings is 1. The molecule has 0 radical (unpaired) electrons. The molecule has 1 amide bonds. The van der Waals surface area contributed by atoms with Crippen LogP contribution >= 0.6 is 11.3 Å². The van der Waals surface area contributed by atoms with Crippen LogP contribution in [0.2, 0.25) is 0 Å². The third-order valence-corrected chi connectivity index (χ3v) is 7.80. The fraction of sp³-hybridized carbons (Fsp3) is 0.280. The zero-order valence-corrected chi connectivity index (χ0v) is 19.2. The van der Waals surface area contributed by atoms with Gasteiger partial charge < -0.3 is 14.6 Å². The number of piperidine rings is 1. The van der Waals surface area contributed by atoms with Gasteiger partial charge in [-0.15, -0.1) is 21.6 Å². The molecule has 1 unspecified atom stereocenters. The van der Waals surface area contributed by atoms with Crippen molar-refractivity contribution < 1.29 is 14.8 Å². The van der Waals surface area contributed by atoms with Crippen LogP contribution < -0.4 is 10.5 Å². The summed E-state index contributed by atoms with van der Waals surface area (Å²) in [4.78, 5) is 26.5. The van der Waals surface area contributed by atoms with Gasteiger partial charge in [0.05, 0.1) is 23.5 Å². The first-order valence-electron chi connectivity index (χ1n) is 11.4. The molecule has 3 aromatic heterocycles. The number of rotatable bonds is 4. The zero-order chi connectivity index (χ0) is 23.2. The standard InChI is InChI=1S/C25H23N5O3S/c31-22-9-3-7-19-17-11-16(13-29(19)22)12-28(14-17)15-30-20-6-2-1-5-18(20)23(25(30)33)26-27-24(32)21-8-4-10-34-21/h1-10,16-17,33H,11-15H2/p+1/t16-,17+/m1/s1. The van der Waals surface area contributed by atoms with Crippen molar-refractivity contribution in [2.24, 2.45) is 16.1 Å². The molecule has 9 heteroatoms. The molecule has 2 bridgehead atoms. The lowest BCUT2D eigenvalue weighted by molar-refractivity contribution is -0.932. The Labute approximate surface area is 199 Å². The third-order valence-electron chi connectivity index (χ3n) is 6.94. The second kappa shape index (κ2) is 8.34. The van der Waals surface area contributed by atoms with Gasteiger partial charge in [0, 0.05) is 35.5 Å². The van der Waals surface area contributed by atoms with Crippen LogP contribution in [0.5, 0.6) is 5.88 Å². The molecule has 6 rings (SSSR count). The molecule has 0 saturated carbocycles. The first kappa shape index (κ1) is 21.0. The van der Waals surface area contributed by atoms with Gasteiger partial charge in [-0.25, -0.2) is 0 Å². The second-order valence-corrected chi connectivity index (χ2v) is 10.1. The third kappa shape index (κ3) is 3.57. The largest absolute Gasteiger partial charge is 0.493 e. The molecule has 2 N–H and O–H groups in total. The Hall–Kier alpha value is -3.56. The number of quaternary nitrogens is 1. The molecule has 1 aromatic carbocycles. The molecular formula is C25H24N5O3S+. The number of hydrogen-bond acceptors (Lipinski definition) is 5. The number of para-hydroxylation sites is 1. The molecule has 4 aromatic rings. The van der Waals surface area contributed by atoms with Crippen LogP contribution in [0.4, 0.5) is 5.69 Å². The van der Waals surface area contributed by atoms with E-state index in [9.17, 15) is 14.7 Å². The van der Waals surface area contributed by atoms with Crippen LogP contribution in [0, 0.1) is 5.92 Å². The van der Waals surface area contributed by atoms with Gasteiger partial charge in [0.15, 0.2) is 12.4 Å². The van der Waals surface area contributed by atoms with E-state index >= 15 is 0 Å². The van der Waals surface area contributed by atoms with Crippen molar-refractivity contribution in [1.82, 2.24) is 9.13 Å². The maximum absolute atomic E-state index is 12.3. The molecule has 1 saturated heterocycles. The molecule has 172 valence electrons. The van der Waals surface area contributed by atoms with Crippen LogP contribution in [0.1, 0.15) is 27.7 Å². The number of nitrogens with one attached hydrogen (secondary N) is 1. The number of azo groups is 1. The molecule has 0 aliphatic carbocycles. The Morgan fingerprint density at radius 3 is 2.85 bits per heavy atom. The van der Waals surface area contributed by atoms with Crippen molar-refractivity contribution in [2.45, 2.75) is 25.6 Å². The van der Waals surface area contributed by atoms with Gasteiger partial charge in [-0.05, 0) is 30.0 Å². The Kier molecular flexibility index (Phi) is 5.15. The first-order valence-corrected chi connectivity index (χ1v) is 12.3. The molecule has 1 fully saturated rings. The van der Waals surface area contributed by atoms with E-state index in [1.54, 1.807) is 18.2 Å². The topological polar surface area (TPSA) is 93.4 Å². The smallest absolute Gasteiger partial charge is 0.305 e. The molecular weight excluding hydrogens is 450 g/mol. The van der Waals surface area contributed by atoms with Gasteiger partial charge in [-0.1, -0.05) is 30.3 Å². The Morgan fingerprint density at radius 2 is 2.00 bits per heavy atom. The van der Waals surface area contributed by atoms with Gasteiger partial charge in [0.25, 0.3) is 5.56 Å². The van der Waals surface area contributed by atoms with Crippen molar-refractivity contribution in [3.05, 3.63) is 80.9 Å². The number of fused-ring (bicyclic) bond motifs is 5. The van der Waals surface area contributed by atoms with Gasteiger partial charge in [0.2, 0.25) is 5.88 Å². The van der Waals surface area contributed by atoms with E-state index in [2.05, 4.69) is 16.3 Å². The molecule has 34 heavy (non-hydrogen) atoms. The van der Waals surface area contributed by atoms with E-state index in [4.69, 9.17) is 0 Å². The number of aromatic nitrogens is 2. The Morgan fingerprint density at radius 1 is 1.12 bits per heavy atom. The summed E-state index contributed by atoms with van der Waals surface area (Å²) in [6, 6.07) is 16.7. The van der Waals surface area contributed by atoms with E-state index in [1.165, 1.54) is 16.2 Å². The highest BCUT2D eigenvalue weighted by Crippen LogP contribution is 2.38. The van der Waals surface area contributed by atoms with Crippen molar-refractivity contribution >= 4 is 33.8 Å². The van der Waals surface area contributed by atoms with Crippen molar-refractivity contribution in [2.75, 3.05) is 13.1 Å². The number of thiophene rings is 1. The maximum Gasteiger partial charge on any atom is 0.305 e. The van der Waals surface area contributed by atoms with Crippen LogP contribution in [0.25, 0.3) is 10.9 Å². The number of nitrogens with zero attached hydrogens (tertiary/aromatic N) is 4. The van der Waals surface area contributed by atoms with Crippen LogP contribution in [0.3, 0.4) is 0 Å². The number of aromatic hydroxyl groups is 1. The number of benzene rings is 1. The van der Waals surface area contributed by atoms with Crippen LogP contribution in [-0.2, 0) is 13.2 Å². The molecule has 2 aliphatic rings. The molecule has 3 atom stereocenters. The summed E-state index contributed by atoms with van der Waals surface area (Å²) in [5, 5.41) is 21.7. The monoisotopic (exact) mass is 474 g/mol. The average Bonchev–Trinajstić information content (AvgIpc) is 3.46. The normalized spacial score (nSPS) is 21.7. The predicted molar refractivity (Wildman–Crippen MR) is 129 cm³/mol. The lowest BCUT2D eigenvalue weighted by atomic mass is 9.83. The molecule has 5 heterocycles. The summed E-state index contributed by atoms with van der Waals surface area (Å²) in [5.41, 5.74) is 2.37. The summed E-state index contributed by atoms with van der Waals surface area (Å²) in [6.07, 6.45) is 1.09. The Bertz CT molecular complexity index is 1470. The summed E-state index contributed by atoms with van der Waals surface area (Å²) in [7, 11) is 0. The lowest BCUT2D eigenvalue weighted by Crippen LogP contribution is -3.13. The maximum atomic E-state index is 12.3. The quantitative estimate of drug-likeness (QED) is 0.445. The van der Waals surface area contributed by atoms with E-state index in [0.29, 0.717) is 29.1 Å². The van der Waals surface area contributed by atoms with E-state index in [-0.39, 0.29) is 11.4 Å². The van der Waals surface area contributed by atoms with E-state index in [0.717, 1.165) is 42.7 Å². The van der Waals surface area contributed by atoms with Crippen molar-refractivity contribution in [3.8, 4) is 5.88 Å². The number of amides is 1. The molecule has 2 aliphatic heterocycles. The highest BCUT2D eigenvalue weighted by molar-refractivity contribution is 7.12. The highest BCUT2D eigenvalue weighted by Gasteiger charge is 2.37. The zero-order valence-electron chi connectivity index (χ0n) is 18.4. The van der Waals surface area contributed by atoms with Crippen LogP contribution in [0.15, 0.2) is 75.0 Å². The summed E-state index contributed by atoms with van der Waals surface area (Å²) in [5.74, 6) is 0.342. The molecule has 0 spiro atoms. The highest BCUT2D eigenvalue weighted by atomic mass is 32.1. The second-order valence-electron chi connectivity index (χ2n) is 9.11. The van der Waals surface area contributed by atoms with Crippen molar-refractivity contribution in [3.63, 3.8) is 0 Å². The van der Waals surface area contributed by atoms with Crippen LogP contribution in [-0.4, -0.2) is 33.2 Å². The fourth-order valence-electron chi connectivity index (χ4n) is 5.55. The fourth-order valence-corrected chi connectivity index (χ4v) is 6.15. The first-order chi connectivity index (χ1) is 16.6. The van der Waals surface area contributed by atoms with Gasteiger partial charge in [0.1, 0.15) is 0 Å². The predicted octanol–water partition coefficient (Wildman–Crippen LogP) is 3.15.